The molecule has 0 aliphatic carbocycles. The highest BCUT2D eigenvalue weighted by Gasteiger charge is 2.30. The zero-order chi connectivity index (χ0) is 19.9. The van der Waals surface area contributed by atoms with Gasteiger partial charge in [-0.2, -0.15) is 4.99 Å². The lowest BCUT2D eigenvalue weighted by Gasteiger charge is -2.36. The Morgan fingerprint density at radius 2 is 2.00 bits per heavy atom. The lowest BCUT2D eigenvalue weighted by atomic mass is 10.0. The van der Waals surface area contributed by atoms with Crippen molar-refractivity contribution in [1.29, 1.82) is 0 Å². The van der Waals surface area contributed by atoms with Gasteiger partial charge < -0.3 is 10.1 Å². The zero-order valence-electron chi connectivity index (χ0n) is 15.9. The maximum atomic E-state index is 12.7. The minimum atomic E-state index is -0.582. The molecule has 140 valence electrons. The first-order valence-electron chi connectivity index (χ1n) is 8.17. The fourth-order valence-electron chi connectivity index (χ4n) is 2.24. The van der Waals surface area contributed by atoms with Crippen LogP contribution in [0.5, 0.6) is 0 Å². The number of ether oxygens (including phenoxy) is 1. The Morgan fingerprint density at radius 3 is 2.54 bits per heavy atom. The summed E-state index contributed by atoms with van der Waals surface area (Å²) in [4.78, 5) is 40.0. The molecule has 2 amide bonds. The molecular weight excluding hydrogens is 334 g/mol. The summed E-state index contributed by atoms with van der Waals surface area (Å²) < 4.78 is 4.96. The maximum Gasteiger partial charge on any atom is 0.333 e. The molecule has 1 N–H and O–H groups in total. The number of hydrogen-bond acceptors (Lipinski definition) is 5. The molecule has 0 aliphatic heterocycles. The Bertz CT molecular complexity index is 744. The number of hydrogen-bond donors (Lipinski definition) is 1. The SMILES string of the molecule is C=C(C)C(=O)OCCNC(=O)N(c1ccc(C)cc1N=C=O)C(C)(C)C. The molecule has 1 aromatic rings. The Morgan fingerprint density at radius 1 is 1.35 bits per heavy atom. The van der Waals surface area contributed by atoms with Crippen molar-refractivity contribution in [2.75, 3.05) is 18.1 Å². The van der Waals surface area contributed by atoms with Crippen molar-refractivity contribution >= 4 is 29.5 Å². The number of urea groups is 1. The third kappa shape index (κ3) is 5.86. The second kappa shape index (κ2) is 8.97. The normalized spacial score (nSPS) is 10.5. The number of benzene rings is 1. The van der Waals surface area contributed by atoms with Gasteiger partial charge in [0.25, 0.3) is 0 Å². The van der Waals surface area contributed by atoms with Crippen molar-refractivity contribution in [2.45, 2.75) is 40.2 Å². The summed E-state index contributed by atoms with van der Waals surface area (Å²) >= 11 is 0. The van der Waals surface area contributed by atoms with E-state index in [2.05, 4.69) is 16.9 Å². The summed E-state index contributed by atoms with van der Waals surface area (Å²) in [5.41, 5.74) is 1.47. The topological polar surface area (TPSA) is 88.1 Å². The second-order valence-corrected chi connectivity index (χ2v) is 6.85. The minimum absolute atomic E-state index is 0.0304. The van der Waals surface area contributed by atoms with Gasteiger partial charge in [0.2, 0.25) is 6.08 Å². The van der Waals surface area contributed by atoms with Crippen LogP contribution < -0.4 is 10.2 Å². The summed E-state index contributed by atoms with van der Waals surface area (Å²) in [6.45, 7) is 12.7. The molecule has 1 aromatic carbocycles. The fraction of sp³-hybridized carbons (Fsp3) is 0.421. The highest BCUT2D eigenvalue weighted by molar-refractivity contribution is 5.96. The number of carbonyl (C=O) groups excluding carboxylic acids is 3. The Balaban J connectivity index is 2.98. The molecule has 0 fully saturated rings. The number of aryl methyl sites for hydroxylation is 1. The maximum absolute atomic E-state index is 12.7. The molecule has 0 saturated carbocycles. The predicted molar refractivity (Wildman–Crippen MR) is 100 cm³/mol. The number of amides is 2. The van der Waals surface area contributed by atoms with E-state index in [1.54, 1.807) is 19.1 Å². The molecule has 0 saturated heterocycles. The molecule has 0 atom stereocenters. The van der Waals surface area contributed by atoms with Crippen LogP contribution in [-0.4, -0.2) is 36.8 Å². The molecule has 0 aliphatic rings. The largest absolute Gasteiger partial charge is 0.460 e. The number of nitrogens with one attached hydrogen (secondary N) is 1. The predicted octanol–water partition coefficient (Wildman–Crippen LogP) is 3.40. The smallest absolute Gasteiger partial charge is 0.333 e. The van der Waals surface area contributed by atoms with Crippen molar-refractivity contribution in [1.82, 2.24) is 5.32 Å². The van der Waals surface area contributed by atoms with Crippen LogP contribution in [0.25, 0.3) is 0 Å². The van der Waals surface area contributed by atoms with Crippen LogP contribution in [0.4, 0.5) is 16.2 Å². The third-order valence-electron chi connectivity index (χ3n) is 3.37. The lowest BCUT2D eigenvalue weighted by Crippen LogP contribution is -2.51. The van der Waals surface area contributed by atoms with Crippen molar-refractivity contribution in [2.24, 2.45) is 4.99 Å². The molecule has 0 aromatic heterocycles. The monoisotopic (exact) mass is 359 g/mol. The Hall–Kier alpha value is -2.92. The van der Waals surface area contributed by atoms with Crippen LogP contribution in [-0.2, 0) is 14.3 Å². The molecule has 0 radical (unpaired) electrons. The van der Waals surface area contributed by atoms with Gasteiger partial charge >= 0.3 is 12.0 Å². The summed E-state index contributed by atoms with van der Waals surface area (Å²) in [6.07, 6.45) is 1.52. The molecule has 0 bridgehead atoms. The minimum Gasteiger partial charge on any atom is -0.460 e. The van der Waals surface area contributed by atoms with Gasteiger partial charge in [-0.3, -0.25) is 4.90 Å². The lowest BCUT2D eigenvalue weighted by molar-refractivity contribution is -0.138. The number of nitrogens with zero attached hydrogens (tertiary/aromatic N) is 2. The quantitative estimate of drug-likeness (QED) is 0.277. The fourth-order valence-corrected chi connectivity index (χ4v) is 2.24. The number of carbonyl (C=O) groups is 2. The first-order valence-corrected chi connectivity index (χ1v) is 8.17. The van der Waals surface area contributed by atoms with Crippen LogP contribution in [0.15, 0.2) is 35.3 Å². The van der Waals surface area contributed by atoms with Gasteiger partial charge in [-0.15, -0.1) is 0 Å². The standard InChI is InChI=1S/C19H25N3O4/c1-13(2)17(24)26-10-9-20-18(25)22(19(4,5)6)16-8-7-14(3)11-15(16)21-12-23/h7-8,11H,1,9-10H2,2-6H3,(H,20,25). The van der Waals surface area contributed by atoms with E-state index in [9.17, 15) is 14.4 Å². The van der Waals surface area contributed by atoms with Gasteiger partial charge in [-0.1, -0.05) is 12.6 Å². The van der Waals surface area contributed by atoms with E-state index in [1.165, 1.54) is 11.0 Å². The molecule has 0 heterocycles. The van der Waals surface area contributed by atoms with E-state index >= 15 is 0 Å². The highest BCUT2D eigenvalue weighted by Crippen LogP contribution is 2.34. The Labute approximate surface area is 153 Å². The van der Waals surface area contributed by atoms with Gasteiger partial charge in [-0.25, -0.2) is 14.4 Å². The van der Waals surface area contributed by atoms with E-state index in [0.29, 0.717) is 16.9 Å². The zero-order valence-corrected chi connectivity index (χ0v) is 15.9. The van der Waals surface area contributed by atoms with Gasteiger partial charge in [-0.05, 0) is 52.3 Å². The molecule has 26 heavy (non-hydrogen) atoms. The van der Waals surface area contributed by atoms with E-state index < -0.39 is 17.5 Å². The van der Waals surface area contributed by atoms with Crippen LogP contribution in [0.2, 0.25) is 0 Å². The number of isocyanates is 1. The summed E-state index contributed by atoms with van der Waals surface area (Å²) in [6, 6.07) is 4.88. The summed E-state index contributed by atoms with van der Waals surface area (Å²) in [5, 5.41) is 2.71. The Kier molecular flexibility index (Phi) is 7.28. The van der Waals surface area contributed by atoms with Gasteiger partial charge in [0, 0.05) is 11.1 Å². The van der Waals surface area contributed by atoms with Crippen LogP contribution in [0.3, 0.4) is 0 Å². The molecule has 1 rings (SSSR count). The van der Waals surface area contributed by atoms with Crippen molar-refractivity contribution in [3.63, 3.8) is 0 Å². The third-order valence-corrected chi connectivity index (χ3v) is 3.37. The molecule has 0 unspecified atom stereocenters. The van der Waals surface area contributed by atoms with Crippen LogP contribution in [0, 0.1) is 6.92 Å². The summed E-state index contributed by atoms with van der Waals surface area (Å²) in [5.74, 6) is -0.506. The van der Waals surface area contributed by atoms with Crippen LogP contribution in [0.1, 0.15) is 33.3 Å². The second-order valence-electron chi connectivity index (χ2n) is 6.85. The van der Waals surface area contributed by atoms with Gasteiger partial charge in [0.15, 0.2) is 0 Å². The van der Waals surface area contributed by atoms with E-state index in [-0.39, 0.29) is 13.2 Å². The molecule has 7 nitrogen and oxygen atoms in total. The average molecular weight is 359 g/mol. The highest BCUT2D eigenvalue weighted by atomic mass is 16.5. The first kappa shape index (κ1) is 21.1. The summed E-state index contributed by atoms with van der Waals surface area (Å²) in [7, 11) is 0. The number of aliphatic imine (C=N–C) groups is 1. The first-order chi connectivity index (χ1) is 12.1. The van der Waals surface area contributed by atoms with Gasteiger partial charge in [0.1, 0.15) is 12.3 Å². The van der Waals surface area contributed by atoms with Crippen molar-refractivity contribution in [3.05, 3.63) is 35.9 Å². The molecular formula is C19H25N3O4. The molecule has 0 spiro atoms. The van der Waals surface area contributed by atoms with Crippen LogP contribution >= 0.6 is 0 Å². The average Bonchev–Trinajstić information content (AvgIpc) is 2.52. The number of anilines is 1. The van der Waals surface area contributed by atoms with Gasteiger partial charge in [0.05, 0.1) is 12.2 Å². The molecule has 7 heteroatoms. The van der Waals surface area contributed by atoms with E-state index in [0.717, 1.165) is 5.56 Å². The van der Waals surface area contributed by atoms with Crippen molar-refractivity contribution < 1.29 is 19.1 Å². The van der Waals surface area contributed by atoms with E-state index in [1.807, 2.05) is 33.8 Å². The number of rotatable bonds is 6. The van der Waals surface area contributed by atoms with E-state index in [4.69, 9.17) is 4.74 Å². The number of esters is 1. The van der Waals surface area contributed by atoms with Crippen molar-refractivity contribution in [3.8, 4) is 0 Å².